The van der Waals surface area contributed by atoms with Crippen LogP contribution >= 0.6 is 0 Å². The number of anilines is 1. The topological polar surface area (TPSA) is 37.4 Å². The number of rotatable bonds is 3. The van der Waals surface area contributed by atoms with Crippen molar-refractivity contribution in [3.63, 3.8) is 0 Å². The smallest absolute Gasteiger partial charge is 0.234 e. The minimum absolute atomic E-state index is 0.0828. The molecule has 0 saturated heterocycles. The second kappa shape index (κ2) is 4.92. The van der Waals surface area contributed by atoms with E-state index in [1.54, 1.807) is 14.0 Å². The number of aryl methyl sites for hydroxylation is 1. The molecule has 18 heavy (non-hydrogen) atoms. The largest absolute Gasteiger partial charge is 0.273 e. The Balaban J connectivity index is 3.44. The van der Waals surface area contributed by atoms with E-state index in [1.807, 2.05) is 25.1 Å². The number of benzene rings is 1. The van der Waals surface area contributed by atoms with Gasteiger partial charge in [0.25, 0.3) is 0 Å². The first kappa shape index (κ1) is 15.0. The highest BCUT2D eigenvalue weighted by Gasteiger charge is 2.24. The van der Waals surface area contributed by atoms with E-state index in [1.165, 1.54) is 4.31 Å². The molecule has 3 nitrogen and oxygen atoms in total. The maximum absolute atomic E-state index is 12.0. The van der Waals surface area contributed by atoms with Gasteiger partial charge in [0.2, 0.25) is 10.0 Å². The van der Waals surface area contributed by atoms with Crippen molar-refractivity contribution in [1.82, 2.24) is 0 Å². The molecule has 0 radical (unpaired) electrons. The molecule has 1 aromatic rings. The Labute approximate surface area is 111 Å². The minimum Gasteiger partial charge on any atom is -0.273 e. The van der Waals surface area contributed by atoms with Gasteiger partial charge in [-0.25, -0.2) is 8.42 Å². The zero-order valence-corrected chi connectivity index (χ0v) is 12.9. The molecule has 0 fully saturated rings. The normalized spacial score (nSPS) is 12.6. The van der Waals surface area contributed by atoms with Crippen LogP contribution in [0.2, 0.25) is 0 Å². The lowest BCUT2D eigenvalue weighted by Gasteiger charge is -2.28. The van der Waals surface area contributed by atoms with Crippen LogP contribution in [0, 0.1) is 6.92 Å². The van der Waals surface area contributed by atoms with Crippen molar-refractivity contribution < 1.29 is 8.42 Å². The predicted molar refractivity (Wildman–Crippen MR) is 77.7 cm³/mol. The van der Waals surface area contributed by atoms with Gasteiger partial charge < -0.3 is 0 Å². The van der Waals surface area contributed by atoms with Crippen molar-refractivity contribution in [3.8, 4) is 0 Å². The van der Waals surface area contributed by atoms with Crippen LogP contribution in [-0.4, -0.2) is 21.2 Å². The molecular weight excluding hydrogens is 246 g/mol. The predicted octanol–water partition coefficient (Wildman–Crippen LogP) is 3.08. The van der Waals surface area contributed by atoms with E-state index < -0.39 is 10.0 Å². The molecule has 102 valence electrons. The molecule has 0 N–H and O–H groups in total. The Morgan fingerprint density at radius 1 is 1.22 bits per heavy atom. The van der Waals surface area contributed by atoms with Crippen molar-refractivity contribution in [2.45, 2.75) is 40.0 Å². The first-order valence-electron chi connectivity index (χ1n) is 6.17. The molecule has 1 rings (SSSR count). The van der Waals surface area contributed by atoms with Gasteiger partial charge in [-0.15, -0.1) is 0 Å². The average molecular weight is 269 g/mol. The fourth-order valence-electron chi connectivity index (χ4n) is 1.88. The maximum Gasteiger partial charge on any atom is 0.234 e. The molecule has 0 aromatic heterocycles. The van der Waals surface area contributed by atoms with Gasteiger partial charge in [-0.05, 0) is 36.5 Å². The third-order valence-electron chi connectivity index (χ3n) is 3.08. The van der Waals surface area contributed by atoms with Crippen LogP contribution in [-0.2, 0) is 15.4 Å². The van der Waals surface area contributed by atoms with Gasteiger partial charge in [0, 0.05) is 7.05 Å². The van der Waals surface area contributed by atoms with Crippen LogP contribution in [0.5, 0.6) is 0 Å². The Morgan fingerprint density at radius 2 is 1.78 bits per heavy atom. The van der Waals surface area contributed by atoms with Crippen LogP contribution in [0.4, 0.5) is 5.69 Å². The van der Waals surface area contributed by atoms with Gasteiger partial charge in [-0.2, -0.15) is 0 Å². The van der Waals surface area contributed by atoms with Crippen molar-refractivity contribution in [2.75, 3.05) is 17.1 Å². The molecule has 0 aliphatic heterocycles. The molecule has 0 bridgehead atoms. The van der Waals surface area contributed by atoms with E-state index in [0.29, 0.717) is 0 Å². The summed E-state index contributed by atoms with van der Waals surface area (Å²) in [5, 5.41) is 0. The van der Waals surface area contributed by atoms with E-state index >= 15 is 0 Å². The van der Waals surface area contributed by atoms with Crippen LogP contribution in [0.1, 0.15) is 38.8 Å². The minimum atomic E-state index is -3.22. The van der Waals surface area contributed by atoms with Crippen molar-refractivity contribution in [2.24, 2.45) is 0 Å². The van der Waals surface area contributed by atoms with E-state index in [4.69, 9.17) is 0 Å². The van der Waals surface area contributed by atoms with Gasteiger partial charge in [-0.1, -0.05) is 32.9 Å². The Hall–Kier alpha value is -1.03. The van der Waals surface area contributed by atoms with Crippen LogP contribution < -0.4 is 4.31 Å². The molecule has 4 heteroatoms. The summed E-state index contributed by atoms with van der Waals surface area (Å²) in [6.07, 6.45) is 0. The SMILES string of the molecule is CCS(=O)(=O)N(C)c1cc(C)ccc1C(C)(C)C. The molecule has 0 heterocycles. The molecule has 0 amide bonds. The fraction of sp³-hybridized carbons (Fsp3) is 0.571. The standard InChI is InChI=1S/C14H23NO2S/c1-7-18(16,17)15(6)13-10-11(2)8-9-12(13)14(3,4)5/h8-10H,7H2,1-6H3. The third-order valence-corrected chi connectivity index (χ3v) is 4.84. The van der Waals surface area contributed by atoms with Gasteiger partial charge >= 0.3 is 0 Å². The lowest BCUT2D eigenvalue weighted by molar-refractivity contribution is 0.585. The monoisotopic (exact) mass is 269 g/mol. The molecule has 0 saturated carbocycles. The fourth-order valence-corrected chi connectivity index (χ4v) is 2.72. The highest BCUT2D eigenvalue weighted by Crippen LogP contribution is 2.33. The molecule has 0 aliphatic rings. The molecular formula is C14H23NO2S. The first-order valence-corrected chi connectivity index (χ1v) is 7.78. The molecule has 0 aliphatic carbocycles. The highest BCUT2D eigenvalue weighted by atomic mass is 32.2. The summed E-state index contributed by atoms with van der Waals surface area (Å²) >= 11 is 0. The second-order valence-corrected chi connectivity index (χ2v) is 7.93. The van der Waals surface area contributed by atoms with E-state index in [-0.39, 0.29) is 11.2 Å². The van der Waals surface area contributed by atoms with E-state index in [2.05, 4.69) is 20.8 Å². The summed E-state index contributed by atoms with van der Waals surface area (Å²) < 4.78 is 25.4. The van der Waals surface area contributed by atoms with Crippen LogP contribution in [0.3, 0.4) is 0 Å². The molecule has 0 atom stereocenters. The van der Waals surface area contributed by atoms with Gasteiger partial charge in [0.05, 0.1) is 11.4 Å². The summed E-state index contributed by atoms with van der Waals surface area (Å²) in [5.41, 5.74) is 2.81. The number of sulfonamides is 1. The summed E-state index contributed by atoms with van der Waals surface area (Å²) in [6.45, 7) is 9.91. The Bertz CT molecular complexity index is 527. The highest BCUT2D eigenvalue weighted by molar-refractivity contribution is 7.92. The van der Waals surface area contributed by atoms with Crippen molar-refractivity contribution in [3.05, 3.63) is 29.3 Å². The summed E-state index contributed by atoms with van der Waals surface area (Å²) in [6, 6.07) is 5.98. The van der Waals surface area contributed by atoms with E-state index in [9.17, 15) is 8.42 Å². The van der Waals surface area contributed by atoms with Crippen LogP contribution in [0.15, 0.2) is 18.2 Å². The third kappa shape index (κ3) is 3.05. The van der Waals surface area contributed by atoms with Gasteiger partial charge in [-0.3, -0.25) is 4.31 Å². The summed E-state index contributed by atoms with van der Waals surface area (Å²) in [7, 11) is -1.59. The zero-order chi connectivity index (χ0) is 14.1. The van der Waals surface area contributed by atoms with E-state index in [0.717, 1.165) is 16.8 Å². The van der Waals surface area contributed by atoms with Crippen molar-refractivity contribution in [1.29, 1.82) is 0 Å². The van der Waals surface area contributed by atoms with Gasteiger partial charge in [0.1, 0.15) is 0 Å². The number of nitrogens with zero attached hydrogens (tertiary/aromatic N) is 1. The van der Waals surface area contributed by atoms with Crippen LogP contribution in [0.25, 0.3) is 0 Å². The summed E-state index contributed by atoms with van der Waals surface area (Å²) in [5.74, 6) is 0.112. The Kier molecular flexibility index (Phi) is 4.11. The second-order valence-electron chi connectivity index (χ2n) is 5.64. The average Bonchev–Trinajstić information content (AvgIpc) is 2.26. The van der Waals surface area contributed by atoms with Gasteiger partial charge in [0.15, 0.2) is 0 Å². The maximum atomic E-state index is 12.0. The zero-order valence-electron chi connectivity index (χ0n) is 12.1. The Morgan fingerprint density at radius 3 is 2.22 bits per heavy atom. The number of hydrogen-bond donors (Lipinski definition) is 0. The molecule has 0 spiro atoms. The lowest BCUT2D eigenvalue weighted by Crippen LogP contribution is -2.30. The molecule has 1 aromatic carbocycles. The van der Waals surface area contributed by atoms with Crippen molar-refractivity contribution >= 4 is 15.7 Å². The first-order chi connectivity index (χ1) is 8.09. The lowest BCUT2D eigenvalue weighted by atomic mass is 9.85. The number of hydrogen-bond acceptors (Lipinski definition) is 2. The summed E-state index contributed by atoms with van der Waals surface area (Å²) in [4.78, 5) is 0. The quantitative estimate of drug-likeness (QED) is 0.845. The molecule has 0 unspecified atom stereocenters.